The summed E-state index contributed by atoms with van der Waals surface area (Å²) in [5.74, 6) is -0.630. The van der Waals surface area contributed by atoms with Crippen LogP contribution in [-0.2, 0) is 0 Å². The van der Waals surface area contributed by atoms with Crippen molar-refractivity contribution in [2.45, 2.75) is 0 Å². The Labute approximate surface area is 63.4 Å². The van der Waals surface area contributed by atoms with Gasteiger partial charge in [0.1, 0.15) is 0 Å². The third-order valence-corrected chi connectivity index (χ3v) is 1.16. The first kappa shape index (κ1) is 7.62. The second kappa shape index (κ2) is 3.07. The van der Waals surface area contributed by atoms with Crippen LogP contribution < -0.4 is 11.5 Å². The summed E-state index contributed by atoms with van der Waals surface area (Å²) in [5.41, 5.74) is 10.7. The summed E-state index contributed by atoms with van der Waals surface area (Å²) in [6.07, 6.45) is 1.44. The van der Waals surface area contributed by atoms with E-state index in [1.165, 1.54) is 12.7 Å². The van der Waals surface area contributed by atoms with Crippen LogP contribution in [0.2, 0.25) is 0 Å². The quantitative estimate of drug-likeness (QED) is 0.569. The first-order valence-electron chi connectivity index (χ1n) is 2.92. The molecule has 1 aromatic heterocycles. The lowest BCUT2D eigenvalue weighted by atomic mass is 10.2. The van der Waals surface area contributed by atoms with Gasteiger partial charge in [0.2, 0.25) is 0 Å². The Bertz CT molecular complexity index is 273. The smallest absolute Gasteiger partial charge is 0.269 e. The molecule has 0 atom stereocenters. The van der Waals surface area contributed by atoms with Crippen LogP contribution in [0.5, 0.6) is 0 Å². The first-order valence-corrected chi connectivity index (χ1v) is 2.92. The molecular weight excluding hydrogens is 144 g/mol. The highest BCUT2D eigenvalue weighted by atomic mass is 16.1. The van der Waals surface area contributed by atoms with Crippen molar-refractivity contribution in [3.05, 3.63) is 30.1 Å². The van der Waals surface area contributed by atoms with Gasteiger partial charge in [0, 0.05) is 11.8 Å². The Morgan fingerprint density at radius 3 is 2.82 bits per heavy atom. The van der Waals surface area contributed by atoms with Gasteiger partial charge in [-0.25, -0.2) is 0 Å². The minimum absolute atomic E-state index is 0.0926. The molecule has 1 aromatic rings. The van der Waals surface area contributed by atoms with Crippen LogP contribution in [0, 0.1) is 6.54 Å². The van der Waals surface area contributed by atoms with Gasteiger partial charge in [-0.2, -0.15) is 5.10 Å². The Kier molecular flexibility index (Phi) is 2.12. The molecule has 0 aliphatic carbocycles. The molecule has 0 saturated carbocycles. The third kappa shape index (κ3) is 1.50. The van der Waals surface area contributed by atoms with E-state index in [0.29, 0.717) is 5.56 Å². The van der Waals surface area contributed by atoms with Crippen molar-refractivity contribution in [3.63, 3.8) is 0 Å². The van der Waals surface area contributed by atoms with Crippen molar-refractivity contribution in [2.24, 2.45) is 11.5 Å². The number of carbonyl (C=O) groups is 1. The summed E-state index contributed by atoms with van der Waals surface area (Å²) < 4.78 is 0. The van der Waals surface area contributed by atoms with E-state index >= 15 is 0 Å². The third-order valence-electron chi connectivity index (χ3n) is 1.16. The van der Waals surface area contributed by atoms with E-state index in [1.807, 2.05) is 0 Å². The molecule has 0 aliphatic heterocycles. The maximum Gasteiger partial charge on any atom is 0.269 e. The van der Waals surface area contributed by atoms with Crippen LogP contribution in [0.15, 0.2) is 12.3 Å². The zero-order valence-corrected chi connectivity index (χ0v) is 5.69. The van der Waals surface area contributed by atoms with Gasteiger partial charge in [0.05, 0.1) is 6.54 Å². The Morgan fingerprint density at radius 2 is 2.36 bits per heavy atom. The molecule has 1 heterocycles. The predicted molar refractivity (Wildman–Crippen MR) is 38.1 cm³/mol. The fourth-order valence-corrected chi connectivity index (χ4v) is 0.667. The summed E-state index contributed by atoms with van der Waals surface area (Å²) in [4.78, 5) is 10.6. The summed E-state index contributed by atoms with van der Waals surface area (Å²) in [6.45, 7) is 1.26. The molecule has 1 amide bonds. The second-order valence-corrected chi connectivity index (χ2v) is 1.87. The molecule has 0 spiro atoms. The number of amides is 1. The van der Waals surface area contributed by atoms with Gasteiger partial charge in [-0.05, 0) is 6.07 Å². The van der Waals surface area contributed by atoms with Crippen molar-refractivity contribution in [1.82, 2.24) is 10.2 Å². The molecule has 0 saturated heterocycles. The number of nitrogens with two attached hydrogens (primary N) is 2. The topological polar surface area (TPSA) is 94.9 Å². The fourth-order valence-electron chi connectivity index (χ4n) is 0.667. The van der Waals surface area contributed by atoms with Gasteiger partial charge < -0.3 is 11.5 Å². The van der Waals surface area contributed by atoms with Crippen LogP contribution >= 0.6 is 0 Å². The van der Waals surface area contributed by atoms with Gasteiger partial charge in [-0.15, -0.1) is 5.10 Å². The number of carbonyl (C=O) groups excluding carboxylic acids is 1. The standard InChI is InChI=1S/C6H7N4O/c7-3-4-1-2-9-10-5(4)6(8)11/h1-3H,7H2,(H2,8,11). The molecule has 5 heteroatoms. The molecule has 11 heavy (non-hydrogen) atoms. The molecule has 1 radical (unpaired) electrons. The molecule has 1 rings (SSSR count). The Balaban J connectivity index is 3.12. The maximum atomic E-state index is 10.6. The molecule has 0 bridgehead atoms. The number of hydrogen-bond acceptors (Lipinski definition) is 4. The monoisotopic (exact) mass is 151 g/mol. The predicted octanol–water partition coefficient (Wildman–Crippen LogP) is -0.956. The van der Waals surface area contributed by atoms with E-state index in [9.17, 15) is 4.79 Å². The van der Waals surface area contributed by atoms with E-state index in [0.717, 1.165) is 0 Å². The van der Waals surface area contributed by atoms with Gasteiger partial charge in [0.15, 0.2) is 5.69 Å². The van der Waals surface area contributed by atoms with Gasteiger partial charge in [-0.3, -0.25) is 4.79 Å². The second-order valence-electron chi connectivity index (χ2n) is 1.87. The van der Waals surface area contributed by atoms with Crippen LogP contribution in [0.25, 0.3) is 0 Å². The summed E-state index contributed by atoms with van der Waals surface area (Å²) in [6, 6.07) is 1.56. The van der Waals surface area contributed by atoms with E-state index in [1.54, 1.807) is 6.07 Å². The minimum Gasteiger partial charge on any atom is -0.364 e. The fraction of sp³-hybridized carbons (Fsp3) is 0. The van der Waals surface area contributed by atoms with Crippen LogP contribution in [0.3, 0.4) is 0 Å². The average molecular weight is 151 g/mol. The van der Waals surface area contributed by atoms with Crippen molar-refractivity contribution in [2.75, 3.05) is 0 Å². The normalized spacial score (nSPS) is 9.55. The van der Waals surface area contributed by atoms with Gasteiger partial charge in [0.25, 0.3) is 5.91 Å². The number of nitrogens with zero attached hydrogens (tertiary/aromatic N) is 2. The molecule has 0 aromatic carbocycles. The summed E-state index contributed by atoms with van der Waals surface area (Å²) in [7, 11) is 0. The lowest BCUT2D eigenvalue weighted by Gasteiger charge is -1.98. The number of rotatable bonds is 2. The number of aromatic nitrogens is 2. The zero-order valence-electron chi connectivity index (χ0n) is 5.69. The SMILES string of the molecule is N[CH]c1ccnnc1C(N)=O. The van der Waals surface area contributed by atoms with E-state index < -0.39 is 5.91 Å². The molecule has 5 nitrogen and oxygen atoms in total. The number of hydrogen-bond donors (Lipinski definition) is 2. The first-order chi connectivity index (χ1) is 5.25. The molecule has 57 valence electrons. The molecule has 4 N–H and O–H groups in total. The van der Waals surface area contributed by atoms with Crippen molar-refractivity contribution >= 4 is 5.91 Å². The highest BCUT2D eigenvalue weighted by Crippen LogP contribution is 2.01. The van der Waals surface area contributed by atoms with E-state index in [-0.39, 0.29) is 5.69 Å². The Morgan fingerprint density at radius 1 is 1.64 bits per heavy atom. The largest absolute Gasteiger partial charge is 0.364 e. The lowest BCUT2D eigenvalue weighted by Crippen LogP contribution is -2.17. The van der Waals surface area contributed by atoms with Crippen molar-refractivity contribution in [3.8, 4) is 0 Å². The summed E-state index contributed by atoms with van der Waals surface area (Å²) in [5, 5.41) is 7.00. The summed E-state index contributed by atoms with van der Waals surface area (Å²) >= 11 is 0. The van der Waals surface area contributed by atoms with Crippen LogP contribution in [0.1, 0.15) is 16.1 Å². The molecule has 0 aliphatic rings. The lowest BCUT2D eigenvalue weighted by molar-refractivity contribution is 0.0994. The van der Waals surface area contributed by atoms with E-state index in [4.69, 9.17) is 11.5 Å². The van der Waals surface area contributed by atoms with E-state index in [2.05, 4.69) is 10.2 Å². The zero-order chi connectivity index (χ0) is 8.27. The molecule has 0 unspecified atom stereocenters. The highest BCUT2D eigenvalue weighted by molar-refractivity contribution is 5.92. The highest BCUT2D eigenvalue weighted by Gasteiger charge is 2.07. The van der Waals surface area contributed by atoms with Gasteiger partial charge in [-0.1, -0.05) is 0 Å². The average Bonchev–Trinajstić information content (AvgIpc) is 2.04. The Hall–Kier alpha value is -1.49. The molecular formula is C6H7N4O. The van der Waals surface area contributed by atoms with Gasteiger partial charge >= 0.3 is 0 Å². The van der Waals surface area contributed by atoms with Crippen LogP contribution in [-0.4, -0.2) is 16.1 Å². The van der Waals surface area contributed by atoms with Crippen molar-refractivity contribution < 1.29 is 4.79 Å². The number of primary amides is 1. The van der Waals surface area contributed by atoms with Crippen molar-refractivity contribution in [1.29, 1.82) is 0 Å². The van der Waals surface area contributed by atoms with Crippen LogP contribution in [0.4, 0.5) is 0 Å². The maximum absolute atomic E-state index is 10.6. The molecule has 0 fully saturated rings. The minimum atomic E-state index is -0.630.